The molecule has 1 aliphatic heterocycles. The molecule has 1 amide bonds. The number of benzene rings is 2. The molecule has 0 spiro atoms. The maximum atomic E-state index is 14.4. The highest BCUT2D eigenvalue weighted by Gasteiger charge is 2.49. The number of hydrogen-bond acceptors (Lipinski definition) is 5. The van der Waals surface area contributed by atoms with Crippen molar-refractivity contribution in [2.24, 2.45) is 10.8 Å². The number of carbonyl (C=O) groups is 1. The molecular weight excluding hydrogens is 398 g/mol. The first-order valence-electron chi connectivity index (χ1n) is 8.88. The lowest BCUT2D eigenvalue weighted by Gasteiger charge is -2.36. The summed E-state index contributed by atoms with van der Waals surface area (Å²) in [5.74, 6) is -2.11. The number of hydrogen-bond donors (Lipinski definition) is 3. The van der Waals surface area contributed by atoms with Gasteiger partial charge in [-0.1, -0.05) is 42.1 Å². The average Bonchev–Trinajstić information content (AvgIpc) is 3.09. The Hall–Kier alpha value is -2.78. The smallest absolute Gasteiger partial charge is 0.272 e. The predicted octanol–water partition coefficient (Wildman–Crippen LogP) is 3.15. The molecule has 3 rings (SSSR count). The molecule has 4 N–H and O–H groups in total. The van der Waals surface area contributed by atoms with Crippen LogP contribution in [-0.2, 0) is 9.67 Å². The first-order valence-corrected chi connectivity index (χ1v) is 9.70. The molecule has 0 aromatic heterocycles. The Bertz CT molecular complexity index is 968. The van der Waals surface area contributed by atoms with E-state index in [0.717, 1.165) is 35.0 Å². The van der Waals surface area contributed by atoms with Crippen molar-refractivity contribution in [3.05, 3.63) is 71.3 Å². The fraction of sp³-hybridized carbons (Fsp3) is 0.250. The summed E-state index contributed by atoms with van der Waals surface area (Å²) in [5, 5.41) is 23.0. The van der Waals surface area contributed by atoms with Gasteiger partial charge in [-0.05, 0) is 37.1 Å². The maximum absolute atomic E-state index is 14.4. The van der Waals surface area contributed by atoms with Gasteiger partial charge < -0.3 is 10.8 Å². The lowest BCUT2D eigenvalue weighted by Crippen LogP contribution is -2.45. The standard InChI is InChI=1S/C20H20F2N4O2S/c1-12(27)19(28)26-20(10-9-17(23)24,13-5-3-2-4-6-13)29-18(25-26)15-11-14(21)7-8-16(15)22/h2-8,11-12,27H,9-10H2,1H3,(H3,23,24). The van der Waals surface area contributed by atoms with E-state index >= 15 is 0 Å². The molecule has 0 saturated heterocycles. The van der Waals surface area contributed by atoms with E-state index in [1.165, 1.54) is 6.92 Å². The lowest BCUT2D eigenvalue weighted by atomic mass is 9.99. The first-order chi connectivity index (χ1) is 13.7. The number of amides is 1. The highest BCUT2D eigenvalue weighted by molar-refractivity contribution is 8.15. The van der Waals surface area contributed by atoms with Gasteiger partial charge in [-0.25, -0.2) is 13.8 Å². The molecular formula is C20H20F2N4O2S. The molecule has 1 aliphatic rings. The van der Waals surface area contributed by atoms with E-state index in [2.05, 4.69) is 5.10 Å². The zero-order valence-electron chi connectivity index (χ0n) is 15.6. The topological polar surface area (TPSA) is 103 Å². The van der Waals surface area contributed by atoms with Crippen LogP contribution < -0.4 is 5.73 Å². The van der Waals surface area contributed by atoms with Crippen LogP contribution in [0.5, 0.6) is 0 Å². The van der Waals surface area contributed by atoms with Crippen molar-refractivity contribution in [1.29, 1.82) is 5.41 Å². The van der Waals surface area contributed by atoms with Crippen LogP contribution in [0.1, 0.15) is 30.9 Å². The third kappa shape index (κ3) is 4.15. The summed E-state index contributed by atoms with van der Waals surface area (Å²) in [6, 6.07) is 11.9. The number of nitrogens with zero attached hydrogens (tertiary/aromatic N) is 2. The van der Waals surface area contributed by atoms with Crippen molar-refractivity contribution in [2.75, 3.05) is 0 Å². The number of nitrogens with two attached hydrogens (primary N) is 1. The molecule has 0 aliphatic carbocycles. The van der Waals surface area contributed by atoms with Crippen LogP contribution in [0.3, 0.4) is 0 Å². The second-order valence-corrected chi connectivity index (χ2v) is 7.90. The minimum absolute atomic E-state index is 0.0842. The summed E-state index contributed by atoms with van der Waals surface area (Å²) >= 11 is 1.07. The van der Waals surface area contributed by atoms with E-state index in [1.54, 1.807) is 30.3 Å². The second kappa shape index (κ2) is 8.30. The SMILES string of the molecule is CC(O)C(=O)N1N=C(c2cc(F)ccc2F)SC1(CCC(=N)N)c1ccccc1. The first kappa shape index (κ1) is 20.9. The van der Waals surface area contributed by atoms with E-state index in [1.807, 2.05) is 0 Å². The summed E-state index contributed by atoms with van der Waals surface area (Å²) in [6.45, 7) is 1.31. The second-order valence-electron chi connectivity index (χ2n) is 6.63. The molecule has 6 nitrogen and oxygen atoms in total. The van der Waals surface area contributed by atoms with E-state index < -0.39 is 28.5 Å². The Morgan fingerprint density at radius 1 is 1.31 bits per heavy atom. The van der Waals surface area contributed by atoms with Gasteiger partial charge in [-0.2, -0.15) is 5.10 Å². The molecule has 0 bridgehead atoms. The highest BCUT2D eigenvalue weighted by atomic mass is 32.2. The van der Waals surface area contributed by atoms with Crippen molar-refractivity contribution in [1.82, 2.24) is 5.01 Å². The number of carbonyl (C=O) groups excluding carboxylic acids is 1. The molecule has 29 heavy (non-hydrogen) atoms. The molecule has 1 heterocycles. The third-order valence-corrected chi connectivity index (χ3v) is 5.93. The Balaban J connectivity index is 2.16. The molecule has 9 heteroatoms. The minimum Gasteiger partial charge on any atom is -0.388 e. The fourth-order valence-electron chi connectivity index (χ4n) is 3.05. The highest BCUT2D eigenvalue weighted by Crippen LogP contribution is 2.50. The Labute approximate surface area is 170 Å². The van der Waals surface area contributed by atoms with Gasteiger partial charge in [0.1, 0.15) is 27.7 Å². The largest absolute Gasteiger partial charge is 0.388 e. The average molecular weight is 418 g/mol. The van der Waals surface area contributed by atoms with Gasteiger partial charge in [-0.15, -0.1) is 0 Å². The predicted molar refractivity (Wildman–Crippen MR) is 108 cm³/mol. The summed E-state index contributed by atoms with van der Waals surface area (Å²) in [7, 11) is 0. The van der Waals surface area contributed by atoms with Crippen molar-refractivity contribution in [2.45, 2.75) is 30.7 Å². The number of aliphatic hydroxyl groups is 1. The van der Waals surface area contributed by atoms with Gasteiger partial charge >= 0.3 is 0 Å². The molecule has 0 radical (unpaired) electrons. The van der Waals surface area contributed by atoms with Gasteiger partial charge in [0.05, 0.1) is 5.84 Å². The van der Waals surface area contributed by atoms with Crippen LogP contribution in [0.2, 0.25) is 0 Å². The number of rotatable bonds is 6. The van der Waals surface area contributed by atoms with Gasteiger partial charge in [0, 0.05) is 12.0 Å². The summed E-state index contributed by atoms with van der Waals surface area (Å²) < 4.78 is 28.2. The Kier molecular flexibility index (Phi) is 5.99. The Morgan fingerprint density at radius 2 is 2.00 bits per heavy atom. The van der Waals surface area contributed by atoms with Crippen LogP contribution in [0.4, 0.5) is 8.78 Å². The van der Waals surface area contributed by atoms with Gasteiger partial charge in [-0.3, -0.25) is 10.2 Å². The Morgan fingerprint density at radius 3 is 2.62 bits per heavy atom. The van der Waals surface area contributed by atoms with Crippen LogP contribution >= 0.6 is 11.8 Å². The van der Waals surface area contributed by atoms with E-state index in [0.29, 0.717) is 5.56 Å². The van der Waals surface area contributed by atoms with E-state index in [9.17, 15) is 18.7 Å². The fourth-order valence-corrected chi connectivity index (χ4v) is 4.44. The van der Waals surface area contributed by atoms with Crippen molar-refractivity contribution < 1.29 is 18.7 Å². The molecule has 2 aromatic carbocycles. The summed E-state index contributed by atoms with van der Waals surface area (Å²) in [4.78, 5) is 11.6. The van der Waals surface area contributed by atoms with Crippen LogP contribution in [0, 0.1) is 17.0 Å². The molecule has 2 atom stereocenters. The number of amidine groups is 1. The molecule has 0 saturated carbocycles. The maximum Gasteiger partial charge on any atom is 0.272 e. The quantitative estimate of drug-likeness (QED) is 0.495. The van der Waals surface area contributed by atoms with Crippen molar-refractivity contribution in [3.63, 3.8) is 0 Å². The zero-order valence-corrected chi connectivity index (χ0v) is 16.4. The molecule has 152 valence electrons. The van der Waals surface area contributed by atoms with Crippen LogP contribution in [-0.4, -0.2) is 33.0 Å². The number of halogens is 2. The van der Waals surface area contributed by atoms with Gasteiger partial charge in [0.2, 0.25) is 0 Å². The molecule has 2 aromatic rings. The zero-order chi connectivity index (χ0) is 21.2. The van der Waals surface area contributed by atoms with E-state index in [-0.39, 0.29) is 29.3 Å². The number of nitrogens with one attached hydrogen (secondary N) is 1. The van der Waals surface area contributed by atoms with Crippen LogP contribution in [0.15, 0.2) is 53.6 Å². The number of thioether (sulfide) groups is 1. The number of aliphatic hydroxyl groups excluding tert-OH is 1. The monoisotopic (exact) mass is 418 g/mol. The van der Waals surface area contributed by atoms with Crippen molar-refractivity contribution in [3.8, 4) is 0 Å². The lowest BCUT2D eigenvalue weighted by molar-refractivity contribution is -0.143. The van der Waals surface area contributed by atoms with E-state index in [4.69, 9.17) is 11.1 Å². The molecule has 0 fully saturated rings. The third-order valence-electron chi connectivity index (χ3n) is 4.48. The van der Waals surface area contributed by atoms with Gasteiger partial charge in [0.25, 0.3) is 5.91 Å². The van der Waals surface area contributed by atoms with Crippen LogP contribution in [0.25, 0.3) is 0 Å². The normalized spacial score (nSPS) is 19.7. The van der Waals surface area contributed by atoms with Gasteiger partial charge in [0.15, 0.2) is 0 Å². The minimum atomic E-state index is -1.36. The van der Waals surface area contributed by atoms with Crippen molar-refractivity contribution >= 4 is 28.5 Å². The number of hydrazone groups is 1. The summed E-state index contributed by atoms with van der Waals surface area (Å²) in [6.07, 6.45) is -1.03. The summed E-state index contributed by atoms with van der Waals surface area (Å²) in [5.41, 5.74) is 6.13. The molecule has 2 unspecified atom stereocenters.